The number of phenols is 1. The third-order valence-electron chi connectivity index (χ3n) is 2.38. The summed E-state index contributed by atoms with van der Waals surface area (Å²) >= 11 is 0. The Hall–Kier alpha value is -2.75. The zero-order chi connectivity index (χ0) is 14.7. The van der Waals surface area contributed by atoms with Crippen LogP contribution >= 0.6 is 0 Å². The smallest absolute Gasteiger partial charge is 0.328 e. The van der Waals surface area contributed by atoms with Crippen LogP contribution in [0, 0.1) is 20.2 Å². The van der Waals surface area contributed by atoms with Crippen molar-refractivity contribution in [1.29, 1.82) is 0 Å². The molecule has 1 aromatic carbocycles. The van der Waals surface area contributed by atoms with E-state index in [4.69, 9.17) is 15.9 Å². The first-order valence-electron chi connectivity index (χ1n) is 4.85. The van der Waals surface area contributed by atoms with E-state index >= 15 is 0 Å². The van der Waals surface area contributed by atoms with E-state index in [2.05, 4.69) is 0 Å². The van der Waals surface area contributed by atoms with E-state index in [9.17, 15) is 25.0 Å². The highest BCUT2D eigenvalue weighted by molar-refractivity contribution is 5.74. The molecule has 0 aliphatic heterocycles. The van der Waals surface area contributed by atoms with Gasteiger partial charge in [-0.15, -0.1) is 0 Å². The standard InChI is InChI=1S/C9H9N3O7/c10-7(9(14)15)8(12(18)19)5-2-1-4(13)3-6(5)11(16)17/h1-3,7-8,13H,10H2,(H,14,15)/t7-,8?/m0/s1. The molecule has 0 saturated heterocycles. The Bertz CT molecular complexity index is 545. The summed E-state index contributed by atoms with van der Waals surface area (Å²) in [6, 6.07) is -1.35. The second-order valence-electron chi connectivity index (χ2n) is 3.59. The number of nitrogens with two attached hydrogens (primary N) is 1. The normalized spacial score (nSPS) is 13.5. The Morgan fingerprint density at radius 3 is 2.32 bits per heavy atom. The van der Waals surface area contributed by atoms with Crippen LogP contribution in [0.25, 0.3) is 0 Å². The summed E-state index contributed by atoms with van der Waals surface area (Å²) in [5.74, 6) is -2.13. The maximum absolute atomic E-state index is 10.9. The van der Waals surface area contributed by atoms with Crippen LogP contribution in [0.2, 0.25) is 0 Å². The van der Waals surface area contributed by atoms with Gasteiger partial charge in [-0.05, 0) is 12.1 Å². The van der Waals surface area contributed by atoms with E-state index in [0.717, 1.165) is 12.1 Å². The first-order chi connectivity index (χ1) is 8.75. The molecule has 4 N–H and O–H groups in total. The van der Waals surface area contributed by atoms with Crippen molar-refractivity contribution in [2.24, 2.45) is 5.73 Å². The molecule has 19 heavy (non-hydrogen) atoms. The first-order valence-corrected chi connectivity index (χ1v) is 4.85. The summed E-state index contributed by atoms with van der Waals surface area (Å²) in [6.45, 7) is 0. The van der Waals surface area contributed by atoms with Crippen molar-refractivity contribution in [2.45, 2.75) is 12.1 Å². The lowest BCUT2D eigenvalue weighted by atomic mass is 9.98. The van der Waals surface area contributed by atoms with E-state index in [1.807, 2.05) is 0 Å². The minimum Gasteiger partial charge on any atom is -0.508 e. The lowest BCUT2D eigenvalue weighted by molar-refractivity contribution is -0.531. The van der Waals surface area contributed by atoms with E-state index in [1.54, 1.807) is 0 Å². The number of carboxylic acid groups (broad SMARTS) is 1. The number of carboxylic acids is 1. The molecule has 0 spiro atoms. The number of nitro benzene ring substituents is 1. The third-order valence-corrected chi connectivity index (χ3v) is 2.38. The Balaban J connectivity index is 3.43. The van der Waals surface area contributed by atoms with Crippen LogP contribution in [0.3, 0.4) is 0 Å². The summed E-state index contributed by atoms with van der Waals surface area (Å²) in [5.41, 5.74) is 3.93. The summed E-state index contributed by atoms with van der Waals surface area (Å²) in [7, 11) is 0. The topological polar surface area (TPSA) is 170 Å². The second-order valence-corrected chi connectivity index (χ2v) is 3.59. The van der Waals surface area contributed by atoms with Crippen molar-refractivity contribution in [3.63, 3.8) is 0 Å². The maximum atomic E-state index is 10.9. The number of benzene rings is 1. The predicted molar refractivity (Wildman–Crippen MR) is 60.1 cm³/mol. The number of nitro groups is 2. The molecule has 0 aliphatic carbocycles. The molecule has 102 valence electrons. The van der Waals surface area contributed by atoms with Crippen LogP contribution in [0.4, 0.5) is 5.69 Å². The number of rotatable bonds is 5. The second kappa shape index (κ2) is 5.27. The van der Waals surface area contributed by atoms with Gasteiger partial charge in [-0.3, -0.25) is 25.0 Å². The molecule has 1 rings (SSSR count). The van der Waals surface area contributed by atoms with Crippen molar-refractivity contribution < 1.29 is 24.9 Å². The van der Waals surface area contributed by atoms with Gasteiger partial charge < -0.3 is 15.9 Å². The number of carbonyl (C=O) groups is 1. The van der Waals surface area contributed by atoms with Gasteiger partial charge in [-0.25, -0.2) is 0 Å². The molecule has 0 fully saturated rings. The zero-order valence-corrected chi connectivity index (χ0v) is 9.29. The van der Waals surface area contributed by atoms with Gasteiger partial charge in [0.25, 0.3) is 11.7 Å². The molecule has 0 aromatic heterocycles. The fraction of sp³-hybridized carbons (Fsp3) is 0.222. The molecule has 0 amide bonds. The van der Waals surface area contributed by atoms with Gasteiger partial charge >= 0.3 is 5.97 Å². The van der Waals surface area contributed by atoms with Crippen molar-refractivity contribution in [3.8, 4) is 5.75 Å². The summed E-state index contributed by atoms with van der Waals surface area (Å²) in [5, 5.41) is 39.5. The Morgan fingerprint density at radius 1 is 1.32 bits per heavy atom. The quantitative estimate of drug-likeness (QED) is 0.497. The van der Waals surface area contributed by atoms with E-state index in [0.29, 0.717) is 6.07 Å². The number of phenolic OH excluding ortho intramolecular Hbond substituents is 1. The highest BCUT2D eigenvalue weighted by Crippen LogP contribution is 2.31. The fourth-order valence-corrected chi connectivity index (χ4v) is 1.51. The molecule has 0 aliphatic rings. The largest absolute Gasteiger partial charge is 0.508 e. The van der Waals surface area contributed by atoms with Crippen LogP contribution in [0.1, 0.15) is 11.6 Å². The molecule has 0 saturated carbocycles. The van der Waals surface area contributed by atoms with Gasteiger partial charge in [-0.1, -0.05) is 0 Å². The van der Waals surface area contributed by atoms with Gasteiger partial charge in [-0.2, -0.15) is 0 Å². The minimum atomic E-state index is -1.99. The number of hydrogen-bond donors (Lipinski definition) is 3. The summed E-state index contributed by atoms with van der Waals surface area (Å²) < 4.78 is 0. The van der Waals surface area contributed by atoms with Crippen molar-refractivity contribution >= 4 is 11.7 Å². The predicted octanol–water partition coefficient (Wildman–Crippen LogP) is 0.0301. The summed E-state index contributed by atoms with van der Waals surface area (Å²) in [6.07, 6.45) is 0. The number of aromatic hydroxyl groups is 1. The van der Waals surface area contributed by atoms with Crippen LogP contribution in [-0.2, 0) is 4.79 Å². The Morgan fingerprint density at radius 2 is 1.89 bits per heavy atom. The lowest BCUT2D eigenvalue weighted by Gasteiger charge is -2.13. The molecule has 1 unspecified atom stereocenters. The van der Waals surface area contributed by atoms with Crippen LogP contribution in [-0.4, -0.2) is 32.1 Å². The van der Waals surface area contributed by atoms with Crippen molar-refractivity contribution in [3.05, 3.63) is 44.0 Å². The van der Waals surface area contributed by atoms with Gasteiger partial charge in [0, 0.05) is 4.92 Å². The SMILES string of the molecule is N[C@H](C(=O)O)C(c1ccc(O)cc1[N+](=O)[O-])[N+](=O)[O-]. The first kappa shape index (κ1) is 14.3. The molecule has 0 heterocycles. The minimum absolute atomic E-state index is 0.471. The van der Waals surface area contributed by atoms with Crippen LogP contribution in [0.5, 0.6) is 5.75 Å². The number of aliphatic carboxylic acids is 1. The van der Waals surface area contributed by atoms with E-state index in [1.165, 1.54) is 0 Å². The maximum Gasteiger partial charge on any atom is 0.328 e. The van der Waals surface area contributed by atoms with Crippen LogP contribution in [0.15, 0.2) is 18.2 Å². The van der Waals surface area contributed by atoms with E-state index < -0.39 is 44.9 Å². The van der Waals surface area contributed by atoms with Gasteiger partial charge in [0.2, 0.25) is 0 Å². The average molecular weight is 271 g/mol. The van der Waals surface area contributed by atoms with Crippen molar-refractivity contribution in [2.75, 3.05) is 0 Å². The number of nitrogens with zero attached hydrogens (tertiary/aromatic N) is 2. The van der Waals surface area contributed by atoms with Crippen LogP contribution < -0.4 is 5.73 Å². The van der Waals surface area contributed by atoms with Gasteiger partial charge in [0.15, 0.2) is 6.04 Å². The molecular formula is C9H9N3O7. The van der Waals surface area contributed by atoms with Crippen molar-refractivity contribution in [1.82, 2.24) is 0 Å². The highest BCUT2D eigenvalue weighted by atomic mass is 16.6. The lowest BCUT2D eigenvalue weighted by Crippen LogP contribution is -2.40. The van der Waals surface area contributed by atoms with Gasteiger partial charge in [0.05, 0.1) is 11.0 Å². The molecule has 10 nitrogen and oxygen atoms in total. The molecule has 0 bridgehead atoms. The molecular weight excluding hydrogens is 262 g/mol. The van der Waals surface area contributed by atoms with E-state index in [-0.39, 0.29) is 0 Å². The highest BCUT2D eigenvalue weighted by Gasteiger charge is 2.40. The average Bonchev–Trinajstić information content (AvgIpc) is 2.30. The summed E-state index contributed by atoms with van der Waals surface area (Å²) in [4.78, 5) is 30.4. The number of hydrogen-bond acceptors (Lipinski definition) is 7. The monoisotopic (exact) mass is 271 g/mol. The zero-order valence-electron chi connectivity index (χ0n) is 9.29. The molecule has 2 atom stereocenters. The fourth-order valence-electron chi connectivity index (χ4n) is 1.51. The van der Waals surface area contributed by atoms with Gasteiger partial charge in [0.1, 0.15) is 11.3 Å². The third kappa shape index (κ3) is 2.93. The Kier molecular flexibility index (Phi) is 3.97. The Labute approximate surface area is 105 Å². The molecule has 0 radical (unpaired) electrons. The molecule has 10 heteroatoms. The molecule has 1 aromatic rings.